The summed E-state index contributed by atoms with van der Waals surface area (Å²) in [6, 6.07) is 6.95. The molecule has 1 aromatic heterocycles. The number of carbonyl (C=O) groups excluding carboxylic acids is 1. The van der Waals surface area contributed by atoms with E-state index in [0.717, 1.165) is 41.7 Å². The number of hydrogen-bond acceptors (Lipinski definition) is 6. The number of halogens is 3. The van der Waals surface area contributed by atoms with Crippen molar-refractivity contribution in [3.63, 3.8) is 0 Å². The quantitative estimate of drug-likeness (QED) is 0.731. The molecule has 1 aromatic carbocycles. The van der Waals surface area contributed by atoms with E-state index in [9.17, 15) is 4.79 Å². The van der Waals surface area contributed by atoms with Crippen molar-refractivity contribution < 1.29 is 4.79 Å². The summed E-state index contributed by atoms with van der Waals surface area (Å²) in [5.41, 5.74) is 9.60. The van der Waals surface area contributed by atoms with Crippen molar-refractivity contribution in [1.29, 1.82) is 0 Å². The molecular formula is C19H24Cl3N5OS. The van der Waals surface area contributed by atoms with E-state index in [4.69, 9.17) is 17.3 Å². The molecule has 0 unspecified atom stereocenters. The van der Waals surface area contributed by atoms with Crippen LogP contribution in [-0.4, -0.2) is 53.0 Å². The molecule has 29 heavy (non-hydrogen) atoms. The molecule has 158 valence electrons. The first kappa shape index (κ1) is 24.0. The molecule has 0 saturated carbocycles. The Hall–Kier alpha value is -1.25. The second-order valence-corrected chi connectivity index (χ2v) is 8.29. The lowest BCUT2D eigenvalue weighted by Crippen LogP contribution is -2.54. The maximum atomic E-state index is 12.7. The maximum Gasteiger partial charge on any atom is 0.239 e. The second-order valence-electron chi connectivity index (χ2n) is 6.86. The number of fused-ring (bicyclic) bond motifs is 1. The van der Waals surface area contributed by atoms with Gasteiger partial charge < -0.3 is 15.5 Å². The fraction of sp³-hybridized carbons (Fsp3) is 0.421. The average molecular weight is 477 g/mol. The number of rotatable bonds is 4. The van der Waals surface area contributed by atoms with Crippen LogP contribution in [0.1, 0.15) is 16.8 Å². The first-order valence-corrected chi connectivity index (χ1v) is 10.6. The van der Waals surface area contributed by atoms with Crippen LogP contribution in [0.15, 0.2) is 30.6 Å². The average Bonchev–Trinajstić information content (AvgIpc) is 3.18. The highest BCUT2D eigenvalue weighted by atomic mass is 35.5. The van der Waals surface area contributed by atoms with Gasteiger partial charge in [0.2, 0.25) is 5.91 Å². The van der Waals surface area contributed by atoms with E-state index in [1.807, 2.05) is 40.9 Å². The van der Waals surface area contributed by atoms with Crippen LogP contribution in [-0.2, 0) is 22.7 Å². The molecule has 1 saturated heterocycles. The highest BCUT2D eigenvalue weighted by Gasteiger charge is 2.28. The van der Waals surface area contributed by atoms with Gasteiger partial charge in [0.1, 0.15) is 12.1 Å². The Morgan fingerprint density at radius 3 is 2.48 bits per heavy atom. The van der Waals surface area contributed by atoms with Gasteiger partial charge in [0.05, 0.1) is 11.7 Å². The summed E-state index contributed by atoms with van der Waals surface area (Å²) in [7, 11) is 0. The van der Waals surface area contributed by atoms with Crippen molar-refractivity contribution in [2.45, 2.75) is 24.0 Å². The van der Waals surface area contributed by atoms with Crippen molar-refractivity contribution >= 4 is 59.9 Å². The van der Waals surface area contributed by atoms with Crippen LogP contribution >= 0.6 is 48.2 Å². The minimum Gasteiger partial charge on any atom is -0.353 e. The van der Waals surface area contributed by atoms with Crippen LogP contribution in [0, 0.1) is 0 Å². The molecule has 1 fully saturated rings. The van der Waals surface area contributed by atoms with Gasteiger partial charge in [-0.05, 0) is 24.1 Å². The minimum atomic E-state index is -0.530. The van der Waals surface area contributed by atoms with Gasteiger partial charge in [-0.2, -0.15) is 11.8 Å². The highest BCUT2D eigenvalue weighted by molar-refractivity contribution is 7.98. The maximum absolute atomic E-state index is 12.7. The standard InChI is InChI=1S/C19H22ClN5OS.2ClH/c20-14-3-1-13(2-4-14)9-16(21)19(26)25-7-5-24(6-8-25)18-15-10-27-11-17(15)22-12-23-18;;/h1-4,12,16H,5-11,21H2;2*1H/t16-;;/m1../s1. The first-order chi connectivity index (χ1) is 13.1. The summed E-state index contributed by atoms with van der Waals surface area (Å²) in [6.07, 6.45) is 2.17. The molecule has 0 radical (unpaired) electrons. The number of anilines is 1. The van der Waals surface area contributed by atoms with E-state index in [1.54, 1.807) is 6.33 Å². The zero-order chi connectivity index (χ0) is 18.8. The predicted octanol–water partition coefficient (Wildman–Crippen LogP) is 2.94. The van der Waals surface area contributed by atoms with Crippen LogP contribution in [0.4, 0.5) is 5.82 Å². The molecule has 1 amide bonds. The third kappa shape index (κ3) is 5.47. The largest absolute Gasteiger partial charge is 0.353 e. The molecule has 3 heterocycles. The van der Waals surface area contributed by atoms with Crippen LogP contribution < -0.4 is 10.6 Å². The van der Waals surface area contributed by atoms with Gasteiger partial charge in [-0.15, -0.1) is 24.8 Å². The number of aromatic nitrogens is 2. The lowest BCUT2D eigenvalue weighted by atomic mass is 10.1. The molecule has 4 rings (SSSR count). The zero-order valence-corrected chi connectivity index (χ0v) is 19.0. The van der Waals surface area contributed by atoms with Gasteiger partial charge in [-0.3, -0.25) is 4.79 Å². The van der Waals surface area contributed by atoms with Crippen molar-refractivity contribution in [3.8, 4) is 0 Å². The van der Waals surface area contributed by atoms with Crippen LogP contribution in [0.25, 0.3) is 0 Å². The molecule has 1 atom stereocenters. The molecular weight excluding hydrogens is 453 g/mol. The number of amides is 1. The number of benzene rings is 1. The fourth-order valence-corrected chi connectivity index (χ4v) is 4.74. The van der Waals surface area contributed by atoms with E-state index in [-0.39, 0.29) is 30.7 Å². The summed E-state index contributed by atoms with van der Waals surface area (Å²) < 4.78 is 0. The number of nitrogens with zero attached hydrogens (tertiary/aromatic N) is 4. The van der Waals surface area contributed by atoms with Gasteiger partial charge in [0.15, 0.2) is 0 Å². The zero-order valence-electron chi connectivity index (χ0n) is 15.8. The van der Waals surface area contributed by atoms with E-state index in [1.165, 1.54) is 5.56 Å². The number of piperazine rings is 1. The number of thioether (sulfide) groups is 1. The molecule has 0 spiro atoms. The van der Waals surface area contributed by atoms with Crippen molar-refractivity contribution in [3.05, 3.63) is 52.4 Å². The van der Waals surface area contributed by atoms with Crippen LogP contribution in [0.2, 0.25) is 5.02 Å². The van der Waals surface area contributed by atoms with E-state index in [0.29, 0.717) is 24.5 Å². The molecule has 0 aliphatic carbocycles. The summed E-state index contributed by atoms with van der Waals surface area (Å²) in [6.45, 7) is 2.87. The molecule has 2 N–H and O–H groups in total. The van der Waals surface area contributed by atoms with E-state index < -0.39 is 6.04 Å². The fourth-order valence-electron chi connectivity index (χ4n) is 3.57. The Labute approximate surface area is 192 Å². The molecule has 10 heteroatoms. The monoisotopic (exact) mass is 475 g/mol. The third-order valence-electron chi connectivity index (χ3n) is 5.07. The second kappa shape index (κ2) is 10.7. The first-order valence-electron chi connectivity index (χ1n) is 9.06. The van der Waals surface area contributed by atoms with Crippen LogP contribution in [0.5, 0.6) is 0 Å². The normalized spacial score (nSPS) is 16.5. The summed E-state index contributed by atoms with van der Waals surface area (Å²) in [5.74, 6) is 2.97. The lowest BCUT2D eigenvalue weighted by molar-refractivity contribution is -0.132. The molecule has 2 aliphatic heterocycles. The Bertz CT molecular complexity index is 831. The summed E-state index contributed by atoms with van der Waals surface area (Å²) in [4.78, 5) is 25.7. The topological polar surface area (TPSA) is 75.4 Å². The third-order valence-corrected chi connectivity index (χ3v) is 6.30. The SMILES string of the molecule is Cl.Cl.N[C@H](Cc1ccc(Cl)cc1)C(=O)N1CCN(c2ncnc3c2CSC3)CC1. The Kier molecular flexibility index (Phi) is 8.85. The Balaban J connectivity index is 0.00000150. The smallest absolute Gasteiger partial charge is 0.239 e. The summed E-state index contributed by atoms with van der Waals surface area (Å²) in [5, 5.41) is 0.685. The van der Waals surface area contributed by atoms with Gasteiger partial charge in [0, 0.05) is 48.3 Å². The highest BCUT2D eigenvalue weighted by Crippen LogP contribution is 2.34. The lowest BCUT2D eigenvalue weighted by Gasteiger charge is -2.37. The van der Waals surface area contributed by atoms with Gasteiger partial charge in [-0.1, -0.05) is 23.7 Å². The molecule has 6 nitrogen and oxygen atoms in total. The Morgan fingerprint density at radius 1 is 1.10 bits per heavy atom. The van der Waals surface area contributed by atoms with Gasteiger partial charge in [-0.25, -0.2) is 9.97 Å². The minimum absolute atomic E-state index is 0. The van der Waals surface area contributed by atoms with Gasteiger partial charge in [0.25, 0.3) is 0 Å². The van der Waals surface area contributed by atoms with E-state index >= 15 is 0 Å². The van der Waals surface area contributed by atoms with Crippen molar-refractivity contribution in [1.82, 2.24) is 14.9 Å². The number of carbonyl (C=O) groups is 1. The summed E-state index contributed by atoms with van der Waals surface area (Å²) >= 11 is 7.78. The van der Waals surface area contributed by atoms with Crippen molar-refractivity contribution in [2.75, 3.05) is 31.1 Å². The van der Waals surface area contributed by atoms with Gasteiger partial charge >= 0.3 is 0 Å². The Morgan fingerprint density at radius 2 is 1.79 bits per heavy atom. The number of hydrogen-bond donors (Lipinski definition) is 1. The predicted molar refractivity (Wildman–Crippen MR) is 123 cm³/mol. The van der Waals surface area contributed by atoms with E-state index in [2.05, 4.69) is 14.9 Å². The van der Waals surface area contributed by atoms with Crippen LogP contribution in [0.3, 0.4) is 0 Å². The number of nitrogens with two attached hydrogens (primary N) is 1. The molecule has 2 aromatic rings. The van der Waals surface area contributed by atoms with Crippen molar-refractivity contribution in [2.24, 2.45) is 5.73 Å². The molecule has 2 aliphatic rings. The molecule has 0 bridgehead atoms.